The van der Waals surface area contributed by atoms with Gasteiger partial charge in [-0.05, 0) is 47.7 Å². The van der Waals surface area contributed by atoms with Gasteiger partial charge in [0.15, 0.2) is 0 Å². The fourth-order valence-electron chi connectivity index (χ4n) is 3.40. The monoisotopic (exact) mass is 414 g/mol. The summed E-state index contributed by atoms with van der Waals surface area (Å²) in [4.78, 5) is 24.9. The van der Waals surface area contributed by atoms with E-state index in [2.05, 4.69) is 15.7 Å². The van der Waals surface area contributed by atoms with Gasteiger partial charge in [0.1, 0.15) is 23.5 Å². The van der Waals surface area contributed by atoms with E-state index in [1.165, 1.54) is 24.5 Å². The molecule has 2 aromatic carbocycles. The molecule has 0 fully saturated rings. The van der Waals surface area contributed by atoms with Gasteiger partial charge in [-0.1, -0.05) is 12.1 Å². The van der Waals surface area contributed by atoms with E-state index < -0.39 is 29.6 Å². The molecule has 6 nitrogen and oxygen atoms in total. The number of aryl methyl sites for hydroxylation is 1. The summed E-state index contributed by atoms with van der Waals surface area (Å²) in [6.45, 7) is 0. The summed E-state index contributed by atoms with van der Waals surface area (Å²) in [5.41, 5.74) is 1.67. The number of aromatic nitrogens is 2. The first-order valence-corrected chi connectivity index (χ1v) is 9.26. The maximum Gasteiger partial charge on any atom is 0.342 e. The van der Waals surface area contributed by atoms with Crippen LogP contribution in [0.1, 0.15) is 23.1 Å². The summed E-state index contributed by atoms with van der Waals surface area (Å²) in [5, 5.41) is 8.94. The van der Waals surface area contributed by atoms with Gasteiger partial charge in [-0.15, -0.1) is 0 Å². The SMILES string of the molecule is O=C1Nc2c(F)cc(F)cc2CC[C@@H]1NC(=O)n1cc(Cc2cccc(F)c2)cn1. The number of nitrogens with zero attached hydrogens (tertiary/aromatic N) is 2. The largest absolute Gasteiger partial charge is 0.342 e. The van der Waals surface area contributed by atoms with Gasteiger partial charge in [-0.3, -0.25) is 4.79 Å². The topological polar surface area (TPSA) is 76.0 Å². The average molecular weight is 414 g/mol. The van der Waals surface area contributed by atoms with E-state index in [9.17, 15) is 22.8 Å². The molecule has 0 radical (unpaired) electrons. The number of carbonyl (C=O) groups excluding carboxylic acids is 2. The van der Waals surface area contributed by atoms with Crippen LogP contribution in [-0.4, -0.2) is 27.8 Å². The van der Waals surface area contributed by atoms with Crippen LogP contribution in [0.15, 0.2) is 48.8 Å². The first-order valence-electron chi connectivity index (χ1n) is 9.26. The van der Waals surface area contributed by atoms with Crippen LogP contribution < -0.4 is 10.6 Å². The normalized spacial score (nSPS) is 15.8. The third-order valence-corrected chi connectivity index (χ3v) is 4.84. The Labute approximate surface area is 169 Å². The van der Waals surface area contributed by atoms with E-state index in [0.29, 0.717) is 23.6 Å². The molecule has 1 aromatic heterocycles. The van der Waals surface area contributed by atoms with Gasteiger partial charge in [0, 0.05) is 18.7 Å². The third-order valence-electron chi connectivity index (χ3n) is 4.84. The van der Waals surface area contributed by atoms with E-state index >= 15 is 0 Å². The minimum atomic E-state index is -0.941. The van der Waals surface area contributed by atoms with Crippen molar-refractivity contribution in [2.24, 2.45) is 0 Å². The molecule has 1 atom stereocenters. The molecule has 154 valence electrons. The summed E-state index contributed by atoms with van der Waals surface area (Å²) in [6.07, 6.45) is 3.72. The summed E-state index contributed by atoms with van der Waals surface area (Å²) in [6, 6.07) is 6.37. The smallest absolute Gasteiger partial charge is 0.324 e. The van der Waals surface area contributed by atoms with E-state index in [1.807, 2.05) is 0 Å². The molecule has 4 rings (SSSR count). The maximum absolute atomic E-state index is 14.0. The Morgan fingerprint density at radius 2 is 2.00 bits per heavy atom. The van der Waals surface area contributed by atoms with Crippen molar-refractivity contribution in [1.82, 2.24) is 15.1 Å². The summed E-state index contributed by atoms with van der Waals surface area (Å²) in [7, 11) is 0. The first-order chi connectivity index (χ1) is 14.4. The highest BCUT2D eigenvalue weighted by Gasteiger charge is 2.27. The Kier molecular flexibility index (Phi) is 5.26. The third kappa shape index (κ3) is 4.19. The minimum absolute atomic E-state index is 0.0744. The van der Waals surface area contributed by atoms with E-state index in [-0.39, 0.29) is 24.3 Å². The van der Waals surface area contributed by atoms with Crippen LogP contribution in [0.3, 0.4) is 0 Å². The van der Waals surface area contributed by atoms with Crippen molar-refractivity contribution in [3.8, 4) is 0 Å². The number of amides is 2. The Bertz CT molecular complexity index is 1130. The van der Waals surface area contributed by atoms with Crippen LogP contribution in [0, 0.1) is 17.5 Å². The van der Waals surface area contributed by atoms with Crippen molar-refractivity contribution >= 4 is 17.6 Å². The van der Waals surface area contributed by atoms with E-state index in [4.69, 9.17) is 0 Å². The zero-order valence-corrected chi connectivity index (χ0v) is 15.7. The van der Waals surface area contributed by atoms with Crippen LogP contribution in [0.25, 0.3) is 0 Å². The molecule has 0 unspecified atom stereocenters. The number of halogens is 3. The Morgan fingerprint density at radius 3 is 2.80 bits per heavy atom. The highest BCUT2D eigenvalue weighted by Crippen LogP contribution is 2.26. The maximum atomic E-state index is 14.0. The van der Waals surface area contributed by atoms with Crippen LogP contribution in [0.4, 0.5) is 23.7 Å². The zero-order valence-electron chi connectivity index (χ0n) is 15.7. The molecule has 1 aliphatic heterocycles. The lowest BCUT2D eigenvalue weighted by atomic mass is 10.1. The van der Waals surface area contributed by atoms with Crippen molar-refractivity contribution in [1.29, 1.82) is 0 Å². The minimum Gasteiger partial charge on any atom is -0.324 e. The summed E-state index contributed by atoms with van der Waals surface area (Å²) in [5.74, 6) is -2.54. The van der Waals surface area contributed by atoms with Crippen molar-refractivity contribution in [3.63, 3.8) is 0 Å². The molecule has 2 heterocycles. The second-order valence-electron chi connectivity index (χ2n) is 7.05. The van der Waals surface area contributed by atoms with Gasteiger partial charge >= 0.3 is 6.03 Å². The van der Waals surface area contributed by atoms with Crippen LogP contribution >= 0.6 is 0 Å². The molecular formula is C21H17F3N4O2. The van der Waals surface area contributed by atoms with E-state index in [0.717, 1.165) is 16.3 Å². The predicted octanol–water partition coefficient (Wildman–Crippen LogP) is 3.40. The first kappa shape index (κ1) is 19.7. The molecule has 0 aliphatic carbocycles. The lowest BCUT2D eigenvalue weighted by Gasteiger charge is -2.15. The molecule has 0 bridgehead atoms. The average Bonchev–Trinajstić information content (AvgIpc) is 3.09. The molecular weight excluding hydrogens is 397 g/mol. The molecule has 30 heavy (non-hydrogen) atoms. The number of carbonyl (C=O) groups is 2. The molecule has 1 aliphatic rings. The standard InChI is InChI=1S/C21H17F3N4O2/c22-15-3-1-2-12(7-15)6-13-10-25-28(11-13)21(30)26-18-5-4-14-8-16(23)9-17(24)19(14)27-20(18)29/h1-3,7-11,18H,4-6H2,(H,26,30)(H,27,29)/t18-/m0/s1. The number of anilines is 1. The number of benzene rings is 2. The number of hydrogen-bond donors (Lipinski definition) is 2. The summed E-state index contributed by atoms with van der Waals surface area (Å²) < 4.78 is 41.8. The Hall–Kier alpha value is -3.62. The van der Waals surface area contributed by atoms with Crippen molar-refractivity contribution in [2.45, 2.75) is 25.3 Å². The van der Waals surface area contributed by atoms with Crippen molar-refractivity contribution in [3.05, 3.63) is 82.9 Å². The van der Waals surface area contributed by atoms with Crippen LogP contribution in [-0.2, 0) is 17.6 Å². The Balaban J connectivity index is 1.43. The van der Waals surface area contributed by atoms with Crippen molar-refractivity contribution < 1.29 is 22.8 Å². The lowest BCUT2D eigenvalue weighted by Crippen LogP contribution is -2.45. The van der Waals surface area contributed by atoms with Crippen LogP contribution in [0.2, 0.25) is 0 Å². The number of rotatable bonds is 3. The highest BCUT2D eigenvalue weighted by atomic mass is 19.1. The van der Waals surface area contributed by atoms with Gasteiger partial charge in [0.25, 0.3) is 0 Å². The molecule has 0 saturated carbocycles. The van der Waals surface area contributed by atoms with Gasteiger partial charge < -0.3 is 10.6 Å². The van der Waals surface area contributed by atoms with Gasteiger partial charge in [0.05, 0.1) is 11.9 Å². The molecule has 2 N–H and O–H groups in total. The number of nitrogens with one attached hydrogen (secondary N) is 2. The van der Waals surface area contributed by atoms with Crippen LogP contribution in [0.5, 0.6) is 0 Å². The second-order valence-corrected chi connectivity index (χ2v) is 7.05. The van der Waals surface area contributed by atoms with Gasteiger partial charge in [-0.25, -0.2) is 18.0 Å². The number of fused-ring (bicyclic) bond motifs is 1. The summed E-state index contributed by atoms with van der Waals surface area (Å²) >= 11 is 0. The molecule has 0 saturated heterocycles. The van der Waals surface area contributed by atoms with Gasteiger partial charge in [-0.2, -0.15) is 9.78 Å². The lowest BCUT2D eigenvalue weighted by molar-refractivity contribution is -0.118. The molecule has 2 amide bonds. The quantitative estimate of drug-likeness (QED) is 0.690. The molecule has 9 heteroatoms. The predicted molar refractivity (Wildman–Crippen MR) is 102 cm³/mol. The fraction of sp³-hybridized carbons (Fsp3) is 0.190. The molecule has 0 spiro atoms. The van der Waals surface area contributed by atoms with Gasteiger partial charge in [0.2, 0.25) is 5.91 Å². The Morgan fingerprint density at radius 1 is 1.17 bits per heavy atom. The molecule has 3 aromatic rings. The zero-order chi connectivity index (χ0) is 21.3. The fourth-order valence-corrected chi connectivity index (χ4v) is 3.40. The number of hydrogen-bond acceptors (Lipinski definition) is 3. The van der Waals surface area contributed by atoms with E-state index in [1.54, 1.807) is 12.1 Å². The second kappa shape index (κ2) is 8.02. The highest BCUT2D eigenvalue weighted by molar-refractivity contribution is 5.98. The van der Waals surface area contributed by atoms with Crippen molar-refractivity contribution in [2.75, 3.05) is 5.32 Å².